The number of carbonyl (C=O) groups excluding carboxylic acids is 1. The smallest absolute Gasteiger partial charge is 0.270 e. The van der Waals surface area contributed by atoms with E-state index in [4.69, 9.17) is 33.3 Å². The second-order valence-electron chi connectivity index (χ2n) is 5.31. The quantitative estimate of drug-likeness (QED) is 0.508. The van der Waals surface area contributed by atoms with Crippen molar-refractivity contribution in [3.8, 4) is 11.5 Å². The van der Waals surface area contributed by atoms with Gasteiger partial charge in [-0.2, -0.15) is 0 Å². The second-order valence-corrected chi connectivity index (χ2v) is 7.39. The maximum absolute atomic E-state index is 12.8. The SMILES string of the molecule is CCOc1cc(Cl)c(/C=C2/SC(=S)N(c3ccccc3)C2=O)cc1OC. The van der Waals surface area contributed by atoms with Gasteiger partial charge in [0.1, 0.15) is 0 Å². The van der Waals surface area contributed by atoms with Crippen LogP contribution in [0, 0.1) is 0 Å². The van der Waals surface area contributed by atoms with Gasteiger partial charge in [0, 0.05) is 6.07 Å². The van der Waals surface area contributed by atoms with Crippen LogP contribution in [0.2, 0.25) is 5.02 Å². The molecule has 0 N–H and O–H groups in total. The highest BCUT2D eigenvalue weighted by Crippen LogP contribution is 2.39. The molecule has 0 saturated carbocycles. The molecule has 0 aliphatic carbocycles. The lowest BCUT2D eigenvalue weighted by Gasteiger charge is -2.14. The highest BCUT2D eigenvalue weighted by Gasteiger charge is 2.33. The highest BCUT2D eigenvalue weighted by molar-refractivity contribution is 8.27. The van der Waals surface area contributed by atoms with Crippen LogP contribution in [0.25, 0.3) is 6.08 Å². The third-order valence-corrected chi connectivity index (χ3v) is 5.31. The maximum atomic E-state index is 12.8. The Morgan fingerprint density at radius 1 is 1.23 bits per heavy atom. The van der Waals surface area contributed by atoms with Gasteiger partial charge >= 0.3 is 0 Å². The lowest BCUT2D eigenvalue weighted by molar-refractivity contribution is -0.113. The summed E-state index contributed by atoms with van der Waals surface area (Å²) in [6.07, 6.45) is 1.73. The zero-order valence-electron chi connectivity index (χ0n) is 14.2. The van der Waals surface area contributed by atoms with E-state index in [-0.39, 0.29) is 5.91 Å². The Morgan fingerprint density at radius 2 is 1.96 bits per heavy atom. The summed E-state index contributed by atoms with van der Waals surface area (Å²) in [6.45, 7) is 2.39. The molecule has 0 bridgehead atoms. The van der Waals surface area contributed by atoms with E-state index in [1.165, 1.54) is 16.7 Å². The van der Waals surface area contributed by atoms with Gasteiger partial charge in [0.25, 0.3) is 5.91 Å². The van der Waals surface area contributed by atoms with E-state index >= 15 is 0 Å². The van der Waals surface area contributed by atoms with Crippen molar-refractivity contribution in [2.75, 3.05) is 18.6 Å². The van der Waals surface area contributed by atoms with Crippen LogP contribution in [0.5, 0.6) is 11.5 Å². The summed E-state index contributed by atoms with van der Waals surface area (Å²) < 4.78 is 11.4. The minimum Gasteiger partial charge on any atom is -0.493 e. The highest BCUT2D eigenvalue weighted by atomic mass is 35.5. The molecular weight excluding hydrogens is 390 g/mol. The summed E-state index contributed by atoms with van der Waals surface area (Å²) in [4.78, 5) is 14.8. The number of nitrogens with zero attached hydrogens (tertiary/aromatic N) is 1. The van der Waals surface area contributed by atoms with Gasteiger partial charge in [-0.05, 0) is 36.8 Å². The van der Waals surface area contributed by atoms with E-state index in [0.717, 1.165) is 5.69 Å². The molecule has 0 atom stereocenters. The van der Waals surface area contributed by atoms with E-state index in [9.17, 15) is 4.79 Å². The Kier molecular flexibility index (Phi) is 5.86. The van der Waals surface area contributed by atoms with Crippen molar-refractivity contribution in [3.63, 3.8) is 0 Å². The molecule has 4 nitrogen and oxygen atoms in total. The number of anilines is 1. The fourth-order valence-electron chi connectivity index (χ4n) is 2.50. The Morgan fingerprint density at radius 3 is 2.62 bits per heavy atom. The number of benzene rings is 2. The third kappa shape index (κ3) is 3.72. The predicted molar refractivity (Wildman–Crippen MR) is 111 cm³/mol. The molecular formula is C19H16ClNO3S2. The zero-order valence-corrected chi connectivity index (χ0v) is 16.6. The largest absolute Gasteiger partial charge is 0.493 e. The van der Waals surface area contributed by atoms with Gasteiger partial charge in [-0.25, -0.2) is 0 Å². The average Bonchev–Trinajstić information content (AvgIpc) is 2.91. The molecule has 26 heavy (non-hydrogen) atoms. The van der Waals surface area contributed by atoms with E-state index < -0.39 is 0 Å². The van der Waals surface area contributed by atoms with Gasteiger partial charge in [0.05, 0.1) is 29.3 Å². The summed E-state index contributed by atoms with van der Waals surface area (Å²) in [6, 6.07) is 12.8. The van der Waals surface area contributed by atoms with Gasteiger partial charge in [0.15, 0.2) is 15.8 Å². The molecule has 1 aliphatic heterocycles. The molecule has 1 amide bonds. The lowest BCUT2D eigenvalue weighted by Crippen LogP contribution is -2.27. The van der Waals surface area contributed by atoms with Gasteiger partial charge in [-0.3, -0.25) is 9.69 Å². The third-order valence-electron chi connectivity index (χ3n) is 3.68. The predicted octanol–water partition coefficient (Wildman–Crippen LogP) is 5.15. The maximum Gasteiger partial charge on any atom is 0.270 e. The van der Waals surface area contributed by atoms with Crippen LogP contribution in [0.1, 0.15) is 12.5 Å². The molecule has 1 saturated heterocycles. The van der Waals surface area contributed by atoms with Crippen molar-refractivity contribution in [3.05, 3.63) is 58.0 Å². The summed E-state index contributed by atoms with van der Waals surface area (Å²) >= 11 is 13.0. The van der Waals surface area contributed by atoms with Crippen molar-refractivity contribution >= 4 is 57.6 Å². The zero-order chi connectivity index (χ0) is 18.7. The molecule has 2 aromatic carbocycles. The standard InChI is InChI=1S/C19H16ClNO3S2/c1-3-24-16-11-14(20)12(9-15(16)23-2)10-17-18(22)21(19(25)26-17)13-7-5-4-6-8-13/h4-11H,3H2,1-2H3/b17-10+. The number of hydrogen-bond acceptors (Lipinski definition) is 5. The van der Waals surface area contributed by atoms with Crippen molar-refractivity contribution in [1.29, 1.82) is 0 Å². The Bertz CT molecular complexity index is 884. The summed E-state index contributed by atoms with van der Waals surface area (Å²) in [5.41, 5.74) is 1.41. The first-order valence-corrected chi connectivity index (χ1v) is 9.48. The van der Waals surface area contributed by atoms with Crippen LogP contribution in [0.15, 0.2) is 47.4 Å². The molecule has 0 aromatic heterocycles. The molecule has 7 heteroatoms. The summed E-state index contributed by atoms with van der Waals surface area (Å²) in [5.74, 6) is 0.949. The van der Waals surface area contributed by atoms with Crippen LogP contribution in [0.3, 0.4) is 0 Å². The molecule has 0 spiro atoms. The number of thiocarbonyl (C=S) groups is 1. The van der Waals surface area contributed by atoms with Crippen molar-refractivity contribution in [1.82, 2.24) is 0 Å². The van der Waals surface area contributed by atoms with E-state index in [1.54, 1.807) is 25.3 Å². The first-order chi connectivity index (χ1) is 12.5. The van der Waals surface area contributed by atoms with Crippen molar-refractivity contribution < 1.29 is 14.3 Å². The van der Waals surface area contributed by atoms with Gasteiger partial charge in [-0.1, -0.05) is 53.8 Å². The molecule has 2 aromatic rings. The van der Waals surface area contributed by atoms with Crippen molar-refractivity contribution in [2.45, 2.75) is 6.92 Å². The molecule has 0 radical (unpaired) electrons. The molecule has 134 valence electrons. The first-order valence-electron chi connectivity index (χ1n) is 7.88. The van der Waals surface area contributed by atoms with Crippen LogP contribution < -0.4 is 14.4 Å². The number of halogens is 1. The number of methoxy groups -OCH3 is 1. The molecule has 3 rings (SSSR count). The number of rotatable bonds is 5. The van der Waals surface area contributed by atoms with E-state index in [2.05, 4.69) is 0 Å². The topological polar surface area (TPSA) is 38.8 Å². The van der Waals surface area contributed by atoms with Crippen LogP contribution in [-0.4, -0.2) is 23.9 Å². The first kappa shape index (κ1) is 18.8. The fraction of sp³-hybridized carbons (Fsp3) is 0.158. The minimum atomic E-state index is -0.171. The van der Waals surface area contributed by atoms with Crippen LogP contribution in [-0.2, 0) is 4.79 Å². The normalized spacial score (nSPS) is 15.7. The number of para-hydroxylation sites is 1. The molecule has 0 unspecified atom stereocenters. The van der Waals surface area contributed by atoms with Crippen LogP contribution >= 0.6 is 35.6 Å². The second kappa shape index (κ2) is 8.12. The number of ether oxygens (including phenoxy) is 2. The van der Waals surface area contributed by atoms with Gasteiger partial charge < -0.3 is 9.47 Å². The number of thioether (sulfide) groups is 1. The van der Waals surface area contributed by atoms with Crippen molar-refractivity contribution in [2.24, 2.45) is 0 Å². The number of hydrogen-bond donors (Lipinski definition) is 0. The Hall–Kier alpha value is -2.02. The van der Waals surface area contributed by atoms with E-state index in [1.807, 2.05) is 37.3 Å². The summed E-state index contributed by atoms with van der Waals surface area (Å²) in [7, 11) is 1.56. The molecule has 1 aliphatic rings. The van der Waals surface area contributed by atoms with Gasteiger partial charge in [0.2, 0.25) is 0 Å². The van der Waals surface area contributed by atoms with Crippen LogP contribution in [0.4, 0.5) is 5.69 Å². The fourth-order valence-corrected chi connectivity index (χ4v) is 4.00. The van der Waals surface area contributed by atoms with E-state index in [0.29, 0.717) is 37.9 Å². The summed E-state index contributed by atoms with van der Waals surface area (Å²) in [5, 5.41) is 0.472. The molecule has 1 heterocycles. The monoisotopic (exact) mass is 405 g/mol. The average molecular weight is 406 g/mol. The Labute approximate surface area is 166 Å². The lowest BCUT2D eigenvalue weighted by atomic mass is 10.1. The Balaban J connectivity index is 1.96. The molecule has 1 fully saturated rings. The van der Waals surface area contributed by atoms with Gasteiger partial charge in [-0.15, -0.1) is 0 Å². The number of carbonyl (C=O) groups is 1. The number of amides is 1. The minimum absolute atomic E-state index is 0.171.